The van der Waals surface area contributed by atoms with E-state index in [1.807, 2.05) is 6.92 Å². The van der Waals surface area contributed by atoms with Crippen molar-refractivity contribution >= 4 is 28.0 Å². The van der Waals surface area contributed by atoms with Crippen LogP contribution in [0.5, 0.6) is 0 Å². The fourth-order valence-corrected chi connectivity index (χ4v) is 3.67. The molecule has 2 aromatic rings. The maximum atomic E-state index is 10.9. The minimum absolute atomic E-state index is 0.0577. The Morgan fingerprint density at radius 2 is 2.08 bits per heavy atom. The zero-order valence-electron chi connectivity index (χ0n) is 13.9. The first-order valence-corrected chi connectivity index (χ1v) is 8.90. The zero-order valence-corrected chi connectivity index (χ0v) is 14.7. The first-order valence-electron chi connectivity index (χ1n) is 8.13. The van der Waals surface area contributed by atoms with Crippen molar-refractivity contribution in [2.75, 3.05) is 36.0 Å². The van der Waals surface area contributed by atoms with Crippen molar-refractivity contribution in [3.63, 3.8) is 0 Å². The standard InChI is InChI=1S/C16H18N6O2S/c1-2-15-18-16(25-19-15)21-7-3-6-20(8-9-21)14-5-4-13(22(23)24)10-12(14)11-17/h4-5,10H,2-3,6-9H2,1H3. The summed E-state index contributed by atoms with van der Waals surface area (Å²) < 4.78 is 4.34. The maximum Gasteiger partial charge on any atom is 0.270 e. The summed E-state index contributed by atoms with van der Waals surface area (Å²) >= 11 is 1.42. The number of nitro groups is 1. The Hall–Kier alpha value is -2.73. The number of non-ortho nitro benzene ring substituents is 1. The molecule has 1 aliphatic heterocycles. The third-order valence-corrected chi connectivity index (χ3v) is 5.01. The van der Waals surface area contributed by atoms with Crippen LogP contribution in [0.4, 0.5) is 16.5 Å². The highest BCUT2D eigenvalue weighted by Crippen LogP contribution is 2.27. The molecule has 8 nitrogen and oxygen atoms in total. The molecule has 0 N–H and O–H groups in total. The van der Waals surface area contributed by atoms with Crippen molar-refractivity contribution < 1.29 is 4.92 Å². The minimum atomic E-state index is -0.477. The Balaban J connectivity index is 1.77. The van der Waals surface area contributed by atoms with E-state index in [9.17, 15) is 15.4 Å². The van der Waals surface area contributed by atoms with Gasteiger partial charge in [0.25, 0.3) is 5.69 Å². The maximum absolute atomic E-state index is 10.9. The normalized spacial score (nSPS) is 14.9. The minimum Gasteiger partial charge on any atom is -0.369 e. The van der Waals surface area contributed by atoms with Gasteiger partial charge in [-0.15, -0.1) is 0 Å². The number of nitro benzene ring substituents is 1. The van der Waals surface area contributed by atoms with Crippen molar-refractivity contribution in [1.82, 2.24) is 9.36 Å². The quantitative estimate of drug-likeness (QED) is 0.612. The van der Waals surface area contributed by atoms with Crippen LogP contribution in [0.3, 0.4) is 0 Å². The van der Waals surface area contributed by atoms with E-state index in [-0.39, 0.29) is 5.69 Å². The lowest BCUT2D eigenvalue weighted by molar-refractivity contribution is -0.384. The van der Waals surface area contributed by atoms with E-state index >= 15 is 0 Å². The highest BCUT2D eigenvalue weighted by molar-refractivity contribution is 7.09. The van der Waals surface area contributed by atoms with E-state index in [1.54, 1.807) is 6.07 Å². The lowest BCUT2D eigenvalue weighted by Gasteiger charge is -2.24. The van der Waals surface area contributed by atoms with Gasteiger partial charge in [0.2, 0.25) is 5.13 Å². The third kappa shape index (κ3) is 3.69. The molecule has 130 valence electrons. The Bertz CT molecular complexity index is 815. The molecule has 0 unspecified atom stereocenters. The van der Waals surface area contributed by atoms with Crippen LogP contribution in [-0.4, -0.2) is 40.5 Å². The van der Waals surface area contributed by atoms with Gasteiger partial charge in [-0.25, -0.2) is 4.98 Å². The topological polar surface area (TPSA) is 99.2 Å². The van der Waals surface area contributed by atoms with E-state index in [4.69, 9.17) is 0 Å². The molecule has 0 radical (unpaired) electrons. The van der Waals surface area contributed by atoms with Gasteiger partial charge in [0, 0.05) is 56.3 Å². The summed E-state index contributed by atoms with van der Waals surface area (Å²) in [5, 5.41) is 21.2. The van der Waals surface area contributed by atoms with Gasteiger partial charge in [0.1, 0.15) is 11.9 Å². The van der Waals surface area contributed by atoms with Crippen LogP contribution >= 0.6 is 11.5 Å². The largest absolute Gasteiger partial charge is 0.369 e. The van der Waals surface area contributed by atoms with Crippen molar-refractivity contribution in [3.8, 4) is 6.07 Å². The number of benzene rings is 1. The molecule has 0 bridgehead atoms. The molecule has 0 amide bonds. The summed E-state index contributed by atoms with van der Waals surface area (Å²) in [6.45, 7) is 5.22. The van der Waals surface area contributed by atoms with Gasteiger partial charge in [0.05, 0.1) is 16.2 Å². The van der Waals surface area contributed by atoms with Gasteiger partial charge in [-0.2, -0.15) is 9.64 Å². The van der Waals surface area contributed by atoms with E-state index in [1.165, 1.54) is 23.7 Å². The van der Waals surface area contributed by atoms with E-state index in [0.717, 1.165) is 55.7 Å². The summed E-state index contributed by atoms with van der Waals surface area (Å²) in [7, 11) is 0. The second-order valence-corrected chi connectivity index (χ2v) is 6.48. The second kappa shape index (κ2) is 7.44. The molecule has 9 heteroatoms. The third-order valence-electron chi connectivity index (χ3n) is 4.19. The fourth-order valence-electron chi connectivity index (χ4n) is 2.87. The van der Waals surface area contributed by atoms with Crippen LogP contribution in [0, 0.1) is 21.4 Å². The predicted octanol–water partition coefficient (Wildman–Crippen LogP) is 2.60. The van der Waals surface area contributed by atoms with Crippen LogP contribution < -0.4 is 9.80 Å². The molecule has 0 saturated carbocycles. The molecule has 1 fully saturated rings. The number of hydrogen-bond acceptors (Lipinski definition) is 8. The molecule has 25 heavy (non-hydrogen) atoms. The lowest BCUT2D eigenvalue weighted by atomic mass is 10.1. The summed E-state index contributed by atoms with van der Waals surface area (Å²) in [6.07, 6.45) is 1.74. The average Bonchev–Trinajstić information content (AvgIpc) is 2.98. The Morgan fingerprint density at radius 1 is 1.32 bits per heavy atom. The summed E-state index contributed by atoms with van der Waals surface area (Å²) in [5.41, 5.74) is 1.03. The van der Waals surface area contributed by atoms with Crippen molar-refractivity contribution in [2.24, 2.45) is 0 Å². The average molecular weight is 358 g/mol. The SMILES string of the molecule is CCc1nsc(N2CCCN(c3ccc([N+](=O)[O-])cc3C#N)CC2)n1. The summed E-state index contributed by atoms with van der Waals surface area (Å²) in [4.78, 5) is 19.3. The second-order valence-electron chi connectivity index (χ2n) is 5.74. The predicted molar refractivity (Wildman–Crippen MR) is 96.1 cm³/mol. The molecule has 0 aliphatic carbocycles. The van der Waals surface area contributed by atoms with Crippen LogP contribution in [0.15, 0.2) is 18.2 Å². The molecule has 0 spiro atoms. The molecule has 2 heterocycles. The monoisotopic (exact) mass is 358 g/mol. The first-order chi connectivity index (χ1) is 12.1. The number of hydrogen-bond donors (Lipinski definition) is 0. The van der Waals surface area contributed by atoms with Gasteiger partial charge in [-0.3, -0.25) is 10.1 Å². The summed E-state index contributed by atoms with van der Waals surface area (Å²) in [6, 6.07) is 6.55. The molecule has 1 aromatic heterocycles. The molecule has 0 atom stereocenters. The molecule has 1 saturated heterocycles. The first kappa shape index (κ1) is 17.1. The van der Waals surface area contributed by atoms with Crippen molar-refractivity contribution in [1.29, 1.82) is 5.26 Å². The molecule has 3 rings (SSSR count). The van der Waals surface area contributed by atoms with E-state index in [0.29, 0.717) is 5.56 Å². The highest BCUT2D eigenvalue weighted by atomic mass is 32.1. The van der Waals surface area contributed by atoms with Crippen LogP contribution in [0.2, 0.25) is 0 Å². The number of nitriles is 1. The highest BCUT2D eigenvalue weighted by Gasteiger charge is 2.21. The Morgan fingerprint density at radius 3 is 2.76 bits per heavy atom. The number of aromatic nitrogens is 2. The van der Waals surface area contributed by atoms with Crippen molar-refractivity contribution in [2.45, 2.75) is 19.8 Å². The molecular weight excluding hydrogens is 340 g/mol. The lowest BCUT2D eigenvalue weighted by Crippen LogP contribution is -2.31. The van der Waals surface area contributed by atoms with Gasteiger partial charge >= 0.3 is 0 Å². The van der Waals surface area contributed by atoms with Crippen LogP contribution in [0.25, 0.3) is 0 Å². The van der Waals surface area contributed by atoms with Crippen molar-refractivity contribution in [3.05, 3.63) is 39.7 Å². The smallest absolute Gasteiger partial charge is 0.270 e. The Labute approximate surface area is 149 Å². The van der Waals surface area contributed by atoms with Crippen LogP contribution in [-0.2, 0) is 6.42 Å². The fraction of sp³-hybridized carbons (Fsp3) is 0.438. The van der Waals surface area contributed by atoms with E-state index < -0.39 is 4.92 Å². The zero-order chi connectivity index (χ0) is 17.8. The number of aryl methyl sites for hydroxylation is 1. The molecule has 1 aromatic carbocycles. The Kier molecular flexibility index (Phi) is 5.09. The van der Waals surface area contributed by atoms with E-state index in [2.05, 4.69) is 25.2 Å². The van der Waals surface area contributed by atoms with Gasteiger partial charge in [0.15, 0.2) is 0 Å². The molecular formula is C16H18N6O2S. The number of rotatable bonds is 4. The molecule has 1 aliphatic rings. The van der Waals surface area contributed by atoms with Crippen LogP contribution in [0.1, 0.15) is 24.7 Å². The van der Waals surface area contributed by atoms with Gasteiger partial charge in [-0.1, -0.05) is 6.92 Å². The summed E-state index contributed by atoms with van der Waals surface area (Å²) in [5.74, 6) is 0.864. The number of nitrogens with zero attached hydrogens (tertiary/aromatic N) is 6. The van der Waals surface area contributed by atoms with Gasteiger partial charge < -0.3 is 9.80 Å². The number of anilines is 2. The van der Waals surface area contributed by atoms with Gasteiger partial charge in [-0.05, 0) is 12.5 Å².